The van der Waals surface area contributed by atoms with Crippen LogP contribution in [0.1, 0.15) is 136 Å². The van der Waals surface area contributed by atoms with E-state index in [9.17, 15) is 0 Å². The number of hydrogen-bond donors (Lipinski definition) is 0. The molecule has 0 heteroatoms. The zero-order chi connectivity index (χ0) is 22.0. The number of unbranched alkanes of at least 4 members (excludes halogenated alkanes) is 8. The minimum absolute atomic E-state index is 0.612. The molecule has 0 fully saturated rings. The Kier molecular flexibility index (Phi) is 9.30. The summed E-state index contributed by atoms with van der Waals surface area (Å²) in [6, 6.07) is 14.5. The van der Waals surface area contributed by atoms with Crippen molar-refractivity contribution < 1.29 is 0 Å². The van der Waals surface area contributed by atoms with Crippen LogP contribution in [0.2, 0.25) is 0 Å². The molecule has 2 aromatic carbocycles. The van der Waals surface area contributed by atoms with Gasteiger partial charge in [0.2, 0.25) is 0 Å². The minimum Gasteiger partial charge on any atom is -0.0654 e. The first kappa shape index (κ1) is 23.6. The van der Waals surface area contributed by atoms with Crippen molar-refractivity contribution in [2.45, 2.75) is 128 Å². The van der Waals surface area contributed by atoms with Crippen LogP contribution in [-0.4, -0.2) is 0 Å². The molecule has 0 saturated carbocycles. The van der Waals surface area contributed by atoms with E-state index >= 15 is 0 Å². The van der Waals surface area contributed by atoms with Crippen LogP contribution in [0.5, 0.6) is 0 Å². The lowest BCUT2D eigenvalue weighted by atomic mass is 9.75. The number of hydrogen-bond acceptors (Lipinski definition) is 0. The molecule has 0 N–H and O–H groups in total. The number of benzene rings is 2. The number of fused-ring (bicyclic) bond motifs is 2. The molecule has 0 heterocycles. The molecule has 174 valence electrons. The summed E-state index contributed by atoms with van der Waals surface area (Å²) in [6.07, 6.45) is 24.8. The molecule has 0 amide bonds. The molecular formula is C32H46. The zero-order valence-electron chi connectivity index (χ0n) is 20.8. The molecule has 0 bridgehead atoms. The highest BCUT2D eigenvalue weighted by atomic mass is 14.3. The molecule has 2 aromatic rings. The van der Waals surface area contributed by atoms with E-state index in [1.165, 1.54) is 116 Å². The summed E-state index contributed by atoms with van der Waals surface area (Å²) in [7, 11) is 0. The molecule has 0 atom stereocenters. The fraction of sp³-hybridized carbons (Fsp3) is 0.625. The lowest BCUT2D eigenvalue weighted by Crippen LogP contribution is -2.14. The third-order valence-electron chi connectivity index (χ3n) is 8.21. The van der Waals surface area contributed by atoms with Gasteiger partial charge in [0.25, 0.3) is 0 Å². The highest BCUT2D eigenvalue weighted by Crippen LogP contribution is 2.39. The first-order chi connectivity index (χ1) is 15.9. The quantitative estimate of drug-likeness (QED) is 0.294. The second-order valence-electron chi connectivity index (χ2n) is 10.6. The summed E-state index contributed by atoms with van der Waals surface area (Å²) in [6.45, 7) is 2.31. The Labute approximate surface area is 198 Å². The molecule has 0 aromatic heterocycles. The van der Waals surface area contributed by atoms with Crippen molar-refractivity contribution in [3.05, 3.63) is 69.8 Å². The predicted octanol–water partition coefficient (Wildman–Crippen LogP) is 9.50. The van der Waals surface area contributed by atoms with Crippen molar-refractivity contribution >= 4 is 0 Å². The van der Waals surface area contributed by atoms with Crippen molar-refractivity contribution in [1.29, 1.82) is 0 Å². The average Bonchev–Trinajstić information content (AvgIpc) is 2.85. The first-order valence-electron chi connectivity index (χ1n) is 14.1. The van der Waals surface area contributed by atoms with Gasteiger partial charge in [-0.1, -0.05) is 101 Å². The summed E-state index contributed by atoms with van der Waals surface area (Å²) in [4.78, 5) is 0. The van der Waals surface area contributed by atoms with Gasteiger partial charge < -0.3 is 0 Å². The highest BCUT2D eigenvalue weighted by Gasteiger charge is 2.24. The molecule has 0 saturated heterocycles. The van der Waals surface area contributed by atoms with Gasteiger partial charge in [-0.25, -0.2) is 0 Å². The fourth-order valence-corrected chi connectivity index (χ4v) is 6.41. The molecule has 0 nitrogen and oxygen atoms in total. The number of aryl methyl sites for hydroxylation is 2. The molecule has 32 heavy (non-hydrogen) atoms. The summed E-state index contributed by atoms with van der Waals surface area (Å²) in [5.74, 6) is 0.612. The smallest absolute Gasteiger partial charge is 0.00950 e. The lowest BCUT2D eigenvalue weighted by molar-refractivity contribution is 0.541. The molecule has 0 radical (unpaired) electrons. The monoisotopic (exact) mass is 430 g/mol. The second kappa shape index (κ2) is 12.6. The Morgan fingerprint density at radius 3 is 1.56 bits per heavy atom. The van der Waals surface area contributed by atoms with Gasteiger partial charge >= 0.3 is 0 Å². The van der Waals surface area contributed by atoms with E-state index in [0.29, 0.717) is 5.92 Å². The summed E-state index contributed by atoms with van der Waals surface area (Å²) < 4.78 is 0. The van der Waals surface area contributed by atoms with Crippen LogP contribution in [0.25, 0.3) is 0 Å². The van der Waals surface area contributed by atoms with Crippen LogP contribution in [0.4, 0.5) is 0 Å². The molecular weight excluding hydrogens is 384 g/mol. The lowest BCUT2D eigenvalue weighted by Gasteiger charge is -2.29. The van der Waals surface area contributed by atoms with E-state index in [0.717, 1.165) is 0 Å². The molecule has 2 aliphatic carbocycles. The van der Waals surface area contributed by atoms with Gasteiger partial charge in [0, 0.05) is 5.92 Å². The number of rotatable bonds is 12. The van der Waals surface area contributed by atoms with Crippen LogP contribution >= 0.6 is 0 Å². The maximum Gasteiger partial charge on any atom is 0.00950 e. The summed E-state index contributed by atoms with van der Waals surface area (Å²) in [5.41, 5.74) is 10.1. The molecule has 0 spiro atoms. The maximum atomic E-state index is 2.49. The largest absolute Gasteiger partial charge is 0.0654 e. The van der Waals surface area contributed by atoms with Gasteiger partial charge in [0.15, 0.2) is 0 Å². The Hall–Kier alpha value is -1.56. The van der Waals surface area contributed by atoms with Crippen LogP contribution in [0, 0.1) is 0 Å². The van der Waals surface area contributed by atoms with Gasteiger partial charge in [-0.3, -0.25) is 0 Å². The normalized spacial score (nSPS) is 15.6. The molecule has 0 unspecified atom stereocenters. The minimum atomic E-state index is 0.612. The van der Waals surface area contributed by atoms with Crippen molar-refractivity contribution in [1.82, 2.24) is 0 Å². The average molecular weight is 431 g/mol. The van der Waals surface area contributed by atoms with Crippen LogP contribution in [0.3, 0.4) is 0 Å². The molecule has 0 aliphatic heterocycles. The Bertz CT molecular complexity index is 770. The molecule has 2 aliphatic rings. The summed E-state index contributed by atoms with van der Waals surface area (Å²) >= 11 is 0. The van der Waals surface area contributed by atoms with E-state index in [4.69, 9.17) is 0 Å². The topological polar surface area (TPSA) is 0 Å². The van der Waals surface area contributed by atoms with Crippen molar-refractivity contribution in [2.75, 3.05) is 0 Å². The molecule has 4 rings (SSSR count). The van der Waals surface area contributed by atoms with Gasteiger partial charge in [-0.15, -0.1) is 0 Å². The predicted molar refractivity (Wildman–Crippen MR) is 140 cm³/mol. The Morgan fingerprint density at radius 2 is 1.03 bits per heavy atom. The maximum absolute atomic E-state index is 2.49. The van der Waals surface area contributed by atoms with E-state index in [1.54, 1.807) is 33.4 Å². The Balaban J connectivity index is 1.47. The van der Waals surface area contributed by atoms with E-state index < -0.39 is 0 Å². The standard InChI is InChI=1S/C32H46/c1-2-3-4-5-6-7-8-9-10-23-32(30-24-15-19-26-17-11-13-21-28(26)30)31-25-16-20-27-18-12-14-22-29(27)31/h15-16,19-20,24-25,32H,2-14,17-18,21-23H2,1H3. The van der Waals surface area contributed by atoms with E-state index in [1.807, 2.05) is 0 Å². The van der Waals surface area contributed by atoms with E-state index in [-0.39, 0.29) is 0 Å². The third kappa shape index (κ3) is 6.06. The summed E-state index contributed by atoms with van der Waals surface area (Å²) in [5, 5.41) is 0. The van der Waals surface area contributed by atoms with Gasteiger partial charge in [-0.2, -0.15) is 0 Å². The van der Waals surface area contributed by atoms with Crippen molar-refractivity contribution in [3.8, 4) is 0 Å². The van der Waals surface area contributed by atoms with Crippen LogP contribution in [-0.2, 0) is 25.7 Å². The third-order valence-corrected chi connectivity index (χ3v) is 8.21. The highest BCUT2D eigenvalue weighted by molar-refractivity contribution is 5.48. The van der Waals surface area contributed by atoms with E-state index in [2.05, 4.69) is 43.3 Å². The SMILES string of the molecule is CCCCCCCCCCCC(c1cccc2c1CCCC2)c1cccc2c1CCCC2. The Morgan fingerprint density at radius 1 is 0.562 bits per heavy atom. The van der Waals surface area contributed by atoms with Gasteiger partial charge in [0.1, 0.15) is 0 Å². The fourth-order valence-electron chi connectivity index (χ4n) is 6.41. The van der Waals surface area contributed by atoms with Gasteiger partial charge in [-0.05, 0) is 91.2 Å². The van der Waals surface area contributed by atoms with Crippen molar-refractivity contribution in [2.24, 2.45) is 0 Å². The second-order valence-corrected chi connectivity index (χ2v) is 10.6. The zero-order valence-corrected chi connectivity index (χ0v) is 20.8. The van der Waals surface area contributed by atoms with Crippen LogP contribution < -0.4 is 0 Å². The van der Waals surface area contributed by atoms with Crippen LogP contribution in [0.15, 0.2) is 36.4 Å². The van der Waals surface area contributed by atoms with Gasteiger partial charge in [0.05, 0.1) is 0 Å². The van der Waals surface area contributed by atoms with Crippen molar-refractivity contribution in [3.63, 3.8) is 0 Å². The first-order valence-corrected chi connectivity index (χ1v) is 14.1.